The summed E-state index contributed by atoms with van der Waals surface area (Å²) in [5, 5.41) is 14.2. The molecule has 7 heteroatoms. The van der Waals surface area contributed by atoms with Crippen molar-refractivity contribution in [3.8, 4) is 0 Å². The van der Waals surface area contributed by atoms with Crippen LogP contribution in [0.15, 0.2) is 18.2 Å². The molecule has 1 aromatic carbocycles. The number of hydrogen-bond donors (Lipinski definition) is 1. The zero-order valence-corrected chi connectivity index (χ0v) is 8.77. The number of tetrazole rings is 1. The van der Waals surface area contributed by atoms with Crippen molar-refractivity contribution in [2.75, 3.05) is 5.32 Å². The molecule has 2 aromatic rings. The van der Waals surface area contributed by atoms with Gasteiger partial charge in [0.1, 0.15) is 0 Å². The fourth-order valence-corrected chi connectivity index (χ4v) is 1.82. The van der Waals surface area contributed by atoms with E-state index in [1.807, 2.05) is 0 Å². The second-order valence-corrected chi connectivity index (χ2v) is 3.85. The number of carbonyl (C=O) groups excluding carboxylic acids is 1. The van der Waals surface area contributed by atoms with E-state index in [0.717, 1.165) is 11.3 Å². The maximum absolute atomic E-state index is 11.7. The van der Waals surface area contributed by atoms with Gasteiger partial charge in [0.05, 0.1) is 6.54 Å². The molecule has 80 valence electrons. The van der Waals surface area contributed by atoms with Crippen LogP contribution in [0.2, 0.25) is 5.02 Å². The van der Waals surface area contributed by atoms with E-state index in [-0.39, 0.29) is 11.7 Å². The van der Waals surface area contributed by atoms with Crippen LogP contribution in [0.5, 0.6) is 0 Å². The number of hydrogen-bond acceptors (Lipinski definition) is 4. The number of fused-ring (bicyclic) bond motifs is 2. The first-order valence-corrected chi connectivity index (χ1v) is 4.98. The van der Waals surface area contributed by atoms with E-state index < -0.39 is 0 Å². The Morgan fingerprint density at radius 3 is 3.19 bits per heavy atom. The third-order valence-electron chi connectivity index (χ3n) is 2.37. The minimum atomic E-state index is -0.314. The summed E-state index contributed by atoms with van der Waals surface area (Å²) >= 11 is 5.89. The van der Waals surface area contributed by atoms with Gasteiger partial charge in [0.25, 0.3) is 5.91 Å². The summed E-state index contributed by atoms with van der Waals surface area (Å²) in [5.41, 5.74) is 1.61. The number of amides is 1. The van der Waals surface area contributed by atoms with Gasteiger partial charge in [-0.25, -0.2) is 4.68 Å². The van der Waals surface area contributed by atoms with E-state index in [2.05, 4.69) is 20.8 Å². The first-order valence-electron chi connectivity index (χ1n) is 4.60. The Bertz CT molecular complexity index is 579. The van der Waals surface area contributed by atoms with Gasteiger partial charge in [-0.15, -0.1) is 5.10 Å². The average Bonchev–Trinajstić information content (AvgIpc) is 2.65. The summed E-state index contributed by atoms with van der Waals surface area (Å²) in [6, 6.07) is 5.27. The van der Waals surface area contributed by atoms with Crippen LogP contribution in [0.3, 0.4) is 0 Å². The summed E-state index contributed by atoms with van der Waals surface area (Å²) < 4.78 is 1.44. The van der Waals surface area contributed by atoms with Crippen LogP contribution in [0, 0.1) is 0 Å². The highest BCUT2D eigenvalue weighted by Gasteiger charge is 2.21. The van der Waals surface area contributed by atoms with E-state index in [9.17, 15) is 4.79 Å². The lowest BCUT2D eigenvalue weighted by Gasteiger charge is -2.05. The largest absolute Gasteiger partial charge is 0.319 e. The Kier molecular flexibility index (Phi) is 1.90. The van der Waals surface area contributed by atoms with Crippen molar-refractivity contribution in [3.63, 3.8) is 0 Å². The topological polar surface area (TPSA) is 72.7 Å². The van der Waals surface area contributed by atoms with Crippen LogP contribution in [0.25, 0.3) is 0 Å². The van der Waals surface area contributed by atoms with E-state index in [0.29, 0.717) is 11.6 Å². The van der Waals surface area contributed by atoms with E-state index in [1.165, 1.54) is 4.68 Å². The molecule has 1 aliphatic heterocycles. The number of nitrogens with zero attached hydrogens (tertiary/aromatic N) is 4. The van der Waals surface area contributed by atoms with Crippen molar-refractivity contribution < 1.29 is 4.79 Å². The predicted octanol–water partition coefficient (Wildman–Crippen LogP) is 0.940. The predicted molar refractivity (Wildman–Crippen MR) is 56.3 cm³/mol. The summed E-state index contributed by atoms with van der Waals surface area (Å²) in [6.45, 7) is 0.428. The molecule has 1 aromatic heterocycles. The molecule has 1 amide bonds. The highest BCUT2D eigenvalue weighted by molar-refractivity contribution is 6.30. The molecule has 0 fully saturated rings. The number of aromatic nitrogens is 4. The maximum Gasteiger partial charge on any atom is 0.295 e. The Balaban J connectivity index is 2.17. The molecular weight excluding hydrogens is 230 g/mol. The lowest BCUT2D eigenvalue weighted by molar-refractivity contribution is 0.101. The molecular formula is C9H6ClN5O. The van der Waals surface area contributed by atoms with E-state index in [4.69, 9.17) is 11.6 Å². The normalized spacial score (nSPS) is 13.7. The summed E-state index contributed by atoms with van der Waals surface area (Å²) in [4.78, 5) is 11.7. The average molecular weight is 236 g/mol. The van der Waals surface area contributed by atoms with Gasteiger partial charge < -0.3 is 5.32 Å². The Morgan fingerprint density at radius 1 is 1.44 bits per heavy atom. The van der Waals surface area contributed by atoms with Gasteiger partial charge >= 0.3 is 0 Å². The van der Waals surface area contributed by atoms with Crippen molar-refractivity contribution in [1.82, 2.24) is 20.2 Å². The lowest BCUT2D eigenvalue weighted by Crippen LogP contribution is -2.15. The van der Waals surface area contributed by atoms with Crippen molar-refractivity contribution in [2.45, 2.75) is 6.54 Å². The number of halogens is 1. The van der Waals surface area contributed by atoms with Gasteiger partial charge in [-0.2, -0.15) is 0 Å². The summed E-state index contributed by atoms with van der Waals surface area (Å²) in [6.07, 6.45) is 0. The smallest absolute Gasteiger partial charge is 0.295 e. The van der Waals surface area contributed by atoms with E-state index >= 15 is 0 Å². The molecule has 1 N–H and O–H groups in total. The molecule has 0 saturated carbocycles. The van der Waals surface area contributed by atoms with Crippen molar-refractivity contribution in [2.24, 2.45) is 0 Å². The lowest BCUT2D eigenvalue weighted by atomic mass is 10.2. The van der Waals surface area contributed by atoms with Crippen LogP contribution in [0.4, 0.5) is 5.69 Å². The fourth-order valence-electron chi connectivity index (χ4n) is 1.63. The zero-order chi connectivity index (χ0) is 11.1. The molecule has 3 rings (SSSR count). The third-order valence-corrected chi connectivity index (χ3v) is 2.61. The van der Waals surface area contributed by atoms with Gasteiger partial charge in [0.15, 0.2) is 0 Å². The van der Waals surface area contributed by atoms with Gasteiger partial charge in [-0.05, 0) is 34.2 Å². The summed E-state index contributed by atoms with van der Waals surface area (Å²) in [5.74, 6) is -0.113. The fraction of sp³-hybridized carbons (Fsp3) is 0.111. The molecule has 6 nitrogen and oxygen atoms in total. The number of benzene rings is 1. The monoisotopic (exact) mass is 235 g/mol. The van der Waals surface area contributed by atoms with Gasteiger partial charge in [-0.3, -0.25) is 4.79 Å². The number of nitrogens with one attached hydrogen (secondary N) is 1. The molecule has 0 aliphatic carbocycles. The first-order chi connectivity index (χ1) is 7.74. The Hall–Kier alpha value is -1.95. The molecule has 0 unspecified atom stereocenters. The maximum atomic E-state index is 11.7. The Labute approximate surface area is 95.2 Å². The second kappa shape index (κ2) is 3.28. The van der Waals surface area contributed by atoms with E-state index in [1.54, 1.807) is 18.2 Å². The third kappa shape index (κ3) is 1.35. The molecule has 2 heterocycles. The van der Waals surface area contributed by atoms with Gasteiger partial charge in [-0.1, -0.05) is 11.6 Å². The molecule has 0 spiro atoms. The molecule has 0 atom stereocenters. The van der Waals surface area contributed by atoms with Crippen LogP contribution in [-0.2, 0) is 6.54 Å². The standard InChI is InChI=1S/C9H6ClN5O/c10-6-1-2-7-5(3-6)4-15-8(9(16)11-7)12-13-14-15/h1-3H,4H2,(H,11,16). The Morgan fingerprint density at radius 2 is 2.31 bits per heavy atom. The quantitative estimate of drug-likeness (QED) is 0.738. The highest BCUT2D eigenvalue weighted by atomic mass is 35.5. The van der Waals surface area contributed by atoms with Crippen LogP contribution >= 0.6 is 11.6 Å². The molecule has 0 saturated heterocycles. The van der Waals surface area contributed by atoms with Crippen molar-refractivity contribution in [3.05, 3.63) is 34.6 Å². The molecule has 1 aliphatic rings. The first kappa shape index (κ1) is 9.29. The van der Waals surface area contributed by atoms with Crippen molar-refractivity contribution in [1.29, 1.82) is 0 Å². The number of carbonyl (C=O) groups is 1. The number of anilines is 1. The molecule has 16 heavy (non-hydrogen) atoms. The molecule has 0 radical (unpaired) electrons. The van der Waals surface area contributed by atoms with Gasteiger partial charge in [0, 0.05) is 10.7 Å². The van der Waals surface area contributed by atoms with Gasteiger partial charge in [0.2, 0.25) is 5.82 Å². The highest BCUT2D eigenvalue weighted by Crippen LogP contribution is 2.24. The van der Waals surface area contributed by atoms with Crippen LogP contribution in [0.1, 0.15) is 16.2 Å². The van der Waals surface area contributed by atoms with Crippen molar-refractivity contribution >= 4 is 23.2 Å². The number of rotatable bonds is 0. The minimum Gasteiger partial charge on any atom is -0.319 e. The zero-order valence-electron chi connectivity index (χ0n) is 8.01. The second-order valence-electron chi connectivity index (χ2n) is 3.42. The van der Waals surface area contributed by atoms with Crippen LogP contribution in [-0.4, -0.2) is 26.1 Å². The molecule has 0 bridgehead atoms. The summed E-state index contributed by atoms with van der Waals surface area (Å²) in [7, 11) is 0. The minimum absolute atomic E-state index is 0.201. The van der Waals surface area contributed by atoms with Crippen LogP contribution < -0.4 is 5.32 Å². The SMILES string of the molecule is O=C1Nc2ccc(Cl)cc2Cn2nnnc21.